The SMILES string of the molecule is COC(=O)c1cccc(C2=CCCN(C(=O)OC(C)(C)C)C2)c1. The van der Waals surface area contributed by atoms with Crippen molar-refractivity contribution in [2.75, 3.05) is 20.2 Å². The molecule has 0 atom stereocenters. The molecular weight excluding hydrogens is 294 g/mol. The molecule has 1 aliphatic heterocycles. The van der Waals surface area contributed by atoms with E-state index < -0.39 is 5.60 Å². The smallest absolute Gasteiger partial charge is 0.410 e. The van der Waals surface area contributed by atoms with E-state index in [1.165, 1.54) is 7.11 Å². The molecule has 124 valence electrons. The highest BCUT2D eigenvalue weighted by atomic mass is 16.6. The van der Waals surface area contributed by atoms with Crippen LogP contribution in [0, 0.1) is 0 Å². The number of benzene rings is 1. The normalized spacial score (nSPS) is 15.0. The van der Waals surface area contributed by atoms with Crippen molar-refractivity contribution < 1.29 is 19.1 Å². The van der Waals surface area contributed by atoms with E-state index in [1.54, 1.807) is 17.0 Å². The number of hydrogen-bond acceptors (Lipinski definition) is 4. The highest BCUT2D eigenvalue weighted by Gasteiger charge is 2.24. The van der Waals surface area contributed by atoms with E-state index in [0.29, 0.717) is 18.7 Å². The maximum absolute atomic E-state index is 12.2. The summed E-state index contributed by atoms with van der Waals surface area (Å²) in [5, 5.41) is 0. The predicted octanol–water partition coefficient (Wildman–Crippen LogP) is 3.50. The molecule has 0 saturated carbocycles. The zero-order valence-electron chi connectivity index (χ0n) is 14.1. The first-order valence-electron chi connectivity index (χ1n) is 7.66. The van der Waals surface area contributed by atoms with Crippen LogP contribution in [0.2, 0.25) is 0 Å². The third-order valence-electron chi connectivity index (χ3n) is 3.46. The number of carbonyl (C=O) groups excluding carboxylic acids is 2. The van der Waals surface area contributed by atoms with Crippen LogP contribution in [0.4, 0.5) is 4.79 Å². The van der Waals surface area contributed by atoms with E-state index in [4.69, 9.17) is 9.47 Å². The average molecular weight is 317 g/mol. The van der Waals surface area contributed by atoms with Gasteiger partial charge in [-0.2, -0.15) is 0 Å². The third kappa shape index (κ3) is 4.58. The first kappa shape index (κ1) is 17.1. The molecule has 1 aliphatic rings. The van der Waals surface area contributed by atoms with Gasteiger partial charge < -0.3 is 14.4 Å². The molecule has 5 heteroatoms. The highest BCUT2D eigenvalue weighted by Crippen LogP contribution is 2.23. The van der Waals surface area contributed by atoms with Crippen molar-refractivity contribution in [3.63, 3.8) is 0 Å². The second-order valence-electron chi connectivity index (χ2n) is 6.49. The van der Waals surface area contributed by atoms with E-state index in [9.17, 15) is 9.59 Å². The maximum Gasteiger partial charge on any atom is 0.410 e. The number of esters is 1. The molecule has 1 aromatic carbocycles. The van der Waals surface area contributed by atoms with Gasteiger partial charge in [-0.1, -0.05) is 18.2 Å². The third-order valence-corrected chi connectivity index (χ3v) is 3.46. The van der Waals surface area contributed by atoms with Gasteiger partial charge in [0.2, 0.25) is 0 Å². The van der Waals surface area contributed by atoms with Crippen LogP contribution in [-0.2, 0) is 9.47 Å². The van der Waals surface area contributed by atoms with E-state index in [-0.39, 0.29) is 12.1 Å². The number of nitrogens with zero attached hydrogens (tertiary/aromatic N) is 1. The van der Waals surface area contributed by atoms with Crippen LogP contribution in [-0.4, -0.2) is 42.8 Å². The van der Waals surface area contributed by atoms with Gasteiger partial charge in [0.15, 0.2) is 0 Å². The van der Waals surface area contributed by atoms with Crippen molar-refractivity contribution in [1.82, 2.24) is 4.90 Å². The molecule has 2 rings (SSSR count). The van der Waals surface area contributed by atoms with Gasteiger partial charge in [-0.25, -0.2) is 9.59 Å². The Kier molecular flexibility index (Phi) is 5.08. The number of methoxy groups -OCH3 is 1. The summed E-state index contributed by atoms with van der Waals surface area (Å²) in [5.74, 6) is -0.368. The first-order chi connectivity index (χ1) is 10.8. The van der Waals surface area contributed by atoms with E-state index in [2.05, 4.69) is 6.08 Å². The molecule has 0 N–H and O–H groups in total. The molecule has 0 aromatic heterocycles. The van der Waals surface area contributed by atoms with Crippen LogP contribution >= 0.6 is 0 Å². The highest BCUT2D eigenvalue weighted by molar-refractivity contribution is 5.90. The summed E-state index contributed by atoms with van der Waals surface area (Å²) in [7, 11) is 1.36. The van der Waals surface area contributed by atoms with Crippen molar-refractivity contribution in [1.29, 1.82) is 0 Å². The Morgan fingerprint density at radius 3 is 2.61 bits per heavy atom. The number of hydrogen-bond donors (Lipinski definition) is 0. The van der Waals surface area contributed by atoms with Gasteiger partial charge in [0, 0.05) is 13.1 Å². The van der Waals surface area contributed by atoms with Gasteiger partial charge in [0.25, 0.3) is 0 Å². The molecule has 23 heavy (non-hydrogen) atoms. The number of carbonyl (C=O) groups is 2. The largest absolute Gasteiger partial charge is 0.465 e. The minimum absolute atomic E-state index is 0.313. The molecule has 1 heterocycles. The second kappa shape index (κ2) is 6.86. The minimum Gasteiger partial charge on any atom is -0.465 e. The molecule has 0 radical (unpaired) electrons. The van der Waals surface area contributed by atoms with Gasteiger partial charge in [0.05, 0.1) is 12.7 Å². The molecular formula is C18H23NO4. The fourth-order valence-corrected chi connectivity index (χ4v) is 2.40. The lowest BCUT2D eigenvalue weighted by Gasteiger charge is -2.30. The molecule has 0 saturated heterocycles. The number of ether oxygens (including phenoxy) is 2. The van der Waals surface area contributed by atoms with Crippen molar-refractivity contribution in [3.8, 4) is 0 Å². The van der Waals surface area contributed by atoms with E-state index in [0.717, 1.165) is 17.6 Å². The maximum atomic E-state index is 12.2. The van der Waals surface area contributed by atoms with Gasteiger partial charge in [-0.05, 0) is 50.5 Å². The van der Waals surface area contributed by atoms with Crippen molar-refractivity contribution in [2.24, 2.45) is 0 Å². The Bertz CT molecular complexity index is 628. The van der Waals surface area contributed by atoms with Crippen LogP contribution < -0.4 is 0 Å². The van der Waals surface area contributed by atoms with Crippen LogP contribution in [0.15, 0.2) is 30.3 Å². The Balaban J connectivity index is 2.14. The standard InChI is InChI=1S/C18H23NO4/c1-18(2,3)23-17(21)19-10-6-9-15(12-19)13-7-5-8-14(11-13)16(20)22-4/h5,7-9,11H,6,10,12H2,1-4H3. The first-order valence-corrected chi connectivity index (χ1v) is 7.66. The van der Waals surface area contributed by atoms with Gasteiger partial charge in [-0.15, -0.1) is 0 Å². The van der Waals surface area contributed by atoms with Crippen molar-refractivity contribution in [3.05, 3.63) is 41.5 Å². The zero-order chi connectivity index (χ0) is 17.0. The summed E-state index contributed by atoms with van der Waals surface area (Å²) in [6.45, 7) is 6.66. The van der Waals surface area contributed by atoms with Gasteiger partial charge >= 0.3 is 12.1 Å². The van der Waals surface area contributed by atoms with E-state index >= 15 is 0 Å². The summed E-state index contributed by atoms with van der Waals surface area (Å²) < 4.78 is 10.2. The summed E-state index contributed by atoms with van der Waals surface area (Å²) in [4.78, 5) is 25.6. The monoisotopic (exact) mass is 317 g/mol. The Labute approximate surface area is 136 Å². The van der Waals surface area contributed by atoms with Crippen LogP contribution in [0.25, 0.3) is 5.57 Å². The average Bonchev–Trinajstić information content (AvgIpc) is 2.53. The summed E-state index contributed by atoms with van der Waals surface area (Å²) in [5.41, 5.74) is 1.91. The predicted molar refractivity (Wildman–Crippen MR) is 88.2 cm³/mol. The lowest BCUT2D eigenvalue weighted by atomic mass is 9.99. The minimum atomic E-state index is -0.511. The Morgan fingerprint density at radius 1 is 1.22 bits per heavy atom. The molecule has 5 nitrogen and oxygen atoms in total. The molecule has 0 aliphatic carbocycles. The lowest BCUT2D eigenvalue weighted by molar-refractivity contribution is 0.0272. The zero-order valence-corrected chi connectivity index (χ0v) is 14.1. The summed E-state index contributed by atoms with van der Waals surface area (Å²) in [6, 6.07) is 7.24. The quantitative estimate of drug-likeness (QED) is 0.783. The van der Waals surface area contributed by atoms with Crippen LogP contribution in [0.5, 0.6) is 0 Å². The molecule has 0 bridgehead atoms. The molecule has 0 unspecified atom stereocenters. The van der Waals surface area contributed by atoms with Crippen molar-refractivity contribution >= 4 is 17.6 Å². The van der Waals surface area contributed by atoms with Crippen LogP contribution in [0.3, 0.4) is 0 Å². The second-order valence-corrected chi connectivity index (χ2v) is 6.49. The van der Waals surface area contributed by atoms with Crippen molar-refractivity contribution in [2.45, 2.75) is 32.8 Å². The van der Waals surface area contributed by atoms with Crippen LogP contribution in [0.1, 0.15) is 43.1 Å². The Hall–Kier alpha value is -2.30. The fraction of sp³-hybridized carbons (Fsp3) is 0.444. The molecule has 1 amide bonds. The Morgan fingerprint density at radius 2 is 1.96 bits per heavy atom. The lowest BCUT2D eigenvalue weighted by Crippen LogP contribution is -2.39. The van der Waals surface area contributed by atoms with E-state index in [1.807, 2.05) is 32.9 Å². The molecule has 0 fully saturated rings. The molecule has 1 aromatic rings. The summed E-state index contributed by atoms with van der Waals surface area (Å²) in [6.07, 6.45) is 2.54. The van der Waals surface area contributed by atoms with Gasteiger partial charge in [0.1, 0.15) is 5.60 Å². The fourth-order valence-electron chi connectivity index (χ4n) is 2.40. The van der Waals surface area contributed by atoms with Gasteiger partial charge in [-0.3, -0.25) is 0 Å². The molecule has 0 spiro atoms. The summed E-state index contributed by atoms with van der Waals surface area (Å²) >= 11 is 0. The number of amides is 1. The topological polar surface area (TPSA) is 55.8 Å². The number of rotatable bonds is 2.